The van der Waals surface area contributed by atoms with E-state index in [1.54, 1.807) is 12.1 Å². The first kappa shape index (κ1) is 13.1. The number of nitrogens with one attached hydrogen (secondary N) is 1. The number of rotatable bonds is 4. The van der Waals surface area contributed by atoms with Crippen molar-refractivity contribution in [3.63, 3.8) is 0 Å². The normalized spacial score (nSPS) is 12.2. The lowest BCUT2D eigenvalue weighted by atomic mass is 10.1. The lowest BCUT2D eigenvalue weighted by molar-refractivity contribution is -0.143. The Morgan fingerprint density at radius 2 is 2.31 bits per heavy atom. The summed E-state index contributed by atoms with van der Waals surface area (Å²) in [6.45, 7) is 2.39. The van der Waals surface area contributed by atoms with E-state index in [9.17, 15) is 9.18 Å². The number of esters is 1. The van der Waals surface area contributed by atoms with E-state index in [2.05, 4.69) is 26.0 Å². The third-order valence-corrected chi connectivity index (χ3v) is 2.61. The van der Waals surface area contributed by atoms with Crippen molar-refractivity contribution in [2.24, 2.45) is 0 Å². The summed E-state index contributed by atoms with van der Waals surface area (Å²) in [6, 6.07) is 3.81. The van der Waals surface area contributed by atoms with E-state index in [1.807, 2.05) is 6.92 Å². The van der Waals surface area contributed by atoms with Gasteiger partial charge < -0.3 is 10.1 Å². The van der Waals surface area contributed by atoms with E-state index in [1.165, 1.54) is 13.2 Å². The highest BCUT2D eigenvalue weighted by Gasteiger charge is 2.23. The zero-order valence-electron chi connectivity index (χ0n) is 9.09. The monoisotopic (exact) mass is 289 g/mol. The van der Waals surface area contributed by atoms with Crippen molar-refractivity contribution in [1.82, 2.24) is 5.32 Å². The molecule has 1 unspecified atom stereocenters. The Kier molecular flexibility index (Phi) is 4.89. The molecule has 0 saturated carbocycles. The first-order chi connectivity index (χ1) is 7.60. The smallest absolute Gasteiger partial charge is 0.327 e. The lowest BCUT2D eigenvalue weighted by Gasteiger charge is -2.16. The second-order valence-corrected chi connectivity index (χ2v) is 4.10. The van der Waals surface area contributed by atoms with Gasteiger partial charge in [-0.05, 0) is 18.7 Å². The van der Waals surface area contributed by atoms with Crippen molar-refractivity contribution in [2.75, 3.05) is 13.7 Å². The van der Waals surface area contributed by atoms with Gasteiger partial charge in [-0.15, -0.1) is 0 Å². The number of likely N-dealkylation sites (N-methyl/N-ethyl adjacent to an activating group) is 1. The number of benzene rings is 1. The van der Waals surface area contributed by atoms with Crippen LogP contribution in [0.3, 0.4) is 0 Å². The second kappa shape index (κ2) is 5.96. The molecule has 1 N–H and O–H groups in total. The number of ether oxygens (including phenoxy) is 1. The summed E-state index contributed by atoms with van der Waals surface area (Å²) in [5.74, 6) is -0.936. The fourth-order valence-electron chi connectivity index (χ4n) is 1.38. The van der Waals surface area contributed by atoms with E-state index in [4.69, 9.17) is 0 Å². The molecule has 16 heavy (non-hydrogen) atoms. The molecule has 1 aromatic rings. The minimum atomic E-state index is -0.761. The molecule has 0 heterocycles. The quantitative estimate of drug-likeness (QED) is 0.865. The third-order valence-electron chi connectivity index (χ3n) is 2.12. The summed E-state index contributed by atoms with van der Waals surface area (Å²) >= 11 is 3.16. The van der Waals surface area contributed by atoms with Crippen LogP contribution in [0.15, 0.2) is 22.7 Å². The molecule has 0 spiro atoms. The van der Waals surface area contributed by atoms with Crippen LogP contribution in [0.5, 0.6) is 0 Å². The minimum absolute atomic E-state index is 0.289. The van der Waals surface area contributed by atoms with Gasteiger partial charge in [0, 0.05) is 10.0 Å². The Bertz CT molecular complexity index is 384. The van der Waals surface area contributed by atoms with Crippen LogP contribution < -0.4 is 5.32 Å². The zero-order chi connectivity index (χ0) is 12.1. The molecule has 0 bridgehead atoms. The van der Waals surface area contributed by atoms with Crippen LogP contribution in [-0.2, 0) is 9.53 Å². The van der Waals surface area contributed by atoms with E-state index >= 15 is 0 Å². The van der Waals surface area contributed by atoms with E-state index in [0.29, 0.717) is 11.0 Å². The average Bonchev–Trinajstić information content (AvgIpc) is 2.26. The van der Waals surface area contributed by atoms with Gasteiger partial charge in [0.15, 0.2) is 0 Å². The number of halogens is 2. The number of methoxy groups -OCH3 is 1. The maximum atomic E-state index is 13.6. The average molecular weight is 290 g/mol. The molecule has 0 radical (unpaired) electrons. The largest absolute Gasteiger partial charge is 0.468 e. The van der Waals surface area contributed by atoms with Crippen molar-refractivity contribution >= 4 is 21.9 Å². The van der Waals surface area contributed by atoms with Crippen molar-refractivity contribution in [2.45, 2.75) is 13.0 Å². The van der Waals surface area contributed by atoms with E-state index in [-0.39, 0.29) is 5.56 Å². The van der Waals surface area contributed by atoms with Crippen molar-refractivity contribution in [3.8, 4) is 0 Å². The predicted octanol–water partition coefficient (Wildman–Crippen LogP) is 2.41. The van der Waals surface area contributed by atoms with Crippen molar-refractivity contribution in [3.05, 3.63) is 34.1 Å². The molecule has 88 valence electrons. The second-order valence-electron chi connectivity index (χ2n) is 3.18. The number of carbonyl (C=O) groups is 1. The van der Waals surface area contributed by atoms with Gasteiger partial charge in [0.2, 0.25) is 0 Å². The lowest BCUT2D eigenvalue weighted by Crippen LogP contribution is -2.30. The third kappa shape index (κ3) is 3.02. The maximum Gasteiger partial charge on any atom is 0.327 e. The molecule has 0 aliphatic rings. The standard InChI is InChI=1S/C11H13BrFNO2/c1-3-14-10(11(15)16-2)8-5-4-7(12)6-9(8)13/h4-6,10,14H,3H2,1-2H3. The van der Waals surface area contributed by atoms with Gasteiger partial charge >= 0.3 is 5.97 Å². The Morgan fingerprint density at radius 1 is 1.62 bits per heavy atom. The SMILES string of the molecule is CCNC(C(=O)OC)c1ccc(Br)cc1F. The van der Waals surface area contributed by atoms with Crippen LogP contribution >= 0.6 is 15.9 Å². The summed E-state index contributed by atoms with van der Waals surface area (Å²) in [5.41, 5.74) is 0.289. The van der Waals surface area contributed by atoms with E-state index in [0.717, 1.165) is 0 Å². The van der Waals surface area contributed by atoms with Crippen LogP contribution in [0.25, 0.3) is 0 Å². The maximum absolute atomic E-state index is 13.6. The van der Waals surface area contributed by atoms with Crippen LogP contribution in [0.4, 0.5) is 4.39 Å². The molecular formula is C11H13BrFNO2. The number of carbonyl (C=O) groups excluding carboxylic acids is 1. The highest BCUT2D eigenvalue weighted by Crippen LogP contribution is 2.22. The summed E-state index contributed by atoms with van der Waals surface area (Å²) in [5, 5.41) is 2.88. The Morgan fingerprint density at radius 3 is 2.81 bits per heavy atom. The Hall–Kier alpha value is -0.940. The first-order valence-corrected chi connectivity index (χ1v) is 5.65. The molecule has 3 nitrogen and oxygen atoms in total. The molecule has 1 atom stereocenters. The van der Waals surface area contributed by atoms with Gasteiger partial charge in [0.05, 0.1) is 7.11 Å². The first-order valence-electron chi connectivity index (χ1n) is 4.86. The highest BCUT2D eigenvalue weighted by molar-refractivity contribution is 9.10. The van der Waals surface area contributed by atoms with E-state index < -0.39 is 17.8 Å². The Labute approximate surface area is 102 Å². The molecule has 0 aliphatic heterocycles. The molecule has 0 amide bonds. The minimum Gasteiger partial charge on any atom is -0.468 e. The molecule has 5 heteroatoms. The molecule has 1 rings (SSSR count). The highest BCUT2D eigenvalue weighted by atomic mass is 79.9. The zero-order valence-corrected chi connectivity index (χ0v) is 10.7. The molecule has 1 aromatic carbocycles. The summed E-state index contributed by atoms with van der Waals surface area (Å²) < 4.78 is 18.9. The molecule has 0 saturated heterocycles. The number of hydrogen-bond acceptors (Lipinski definition) is 3. The van der Waals surface area contributed by atoms with Crippen molar-refractivity contribution < 1.29 is 13.9 Å². The van der Waals surface area contributed by atoms with Crippen LogP contribution in [-0.4, -0.2) is 19.6 Å². The van der Waals surface area contributed by atoms with Crippen LogP contribution in [0.1, 0.15) is 18.5 Å². The topological polar surface area (TPSA) is 38.3 Å². The van der Waals surface area contributed by atoms with Crippen LogP contribution in [0, 0.1) is 5.82 Å². The van der Waals surface area contributed by atoms with Gasteiger partial charge in [-0.25, -0.2) is 9.18 Å². The summed E-state index contributed by atoms with van der Waals surface area (Å²) in [4.78, 5) is 11.5. The Balaban J connectivity index is 3.05. The van der Waals surface area contributed by atoms with Gasteiger partial charge in [0.1, 0.15) is 11.9 Å². The fraction of sp³-hybridized carbons (Fsp3) is 0.364. The van der Waals surface area contributed by atoms with Gasteiger partial charge in [-0.2, -0.15) is 0 Å². The van der Waals surface area contributed by atoms with Gasteiger partial charge in [-0.3, -0.25) is 0 Å². The van der Waals surface area contributed by atoms with Crippen molar-refractivity contribution in [1.29, 1.82) is 0 Å². The summed E-state index contributed by atoms with van der Waals surface area (Å²) in [6.07, 6.45) is 0. The van der Waals surface area contributed by atoms with Gasteiger partial charge in [-0.1, -0.05) is 28.9 Å². The number of hydrogen-bond donors (Lipinski definition) is 1. The van der Waals surface area contributed by atoms with Crippen LogP contribution in [0.2, 0.25) is 0 Å². The van der Waals surface area contributed by atoms with Gasteiger partial charge in [0.25, 0.3) is 0 Å². The molecule has 0 aliphatic carbocycles. The fourth-order valence-corrected chi connectivity index (χ4v) is 1.71. The summed E-state index contributed by atoms with van der Waals surface area (Å²) in [7, 11) is 1.28. The molecule has 0 fully saturated rings. The molecular weight excluding hydrogens is 277 g/mol. The predicted molar refractivity (Wildman–Crippen MR) is 62.5 cm³/mol. The molecule has 0 aromatic heterocycles.